The van der Waals surface area contributed by atoms with Crippen molar-refractivity contribution in [3.8, 4) is 0 Å². The number of carbonyl (C=O) groups is 2. The first-order valence-electron chi connectivity index (χ1n) is 6.30. The molecule has 0 radical (unpaired) electrons. The highest BCUT2D eigenvalue weighted by molar-refractivity contribution is 7.09. The summed E-state index contributed by atoms with van der Waals surface area (Å²) in [4.78, 5) is 27.3. The van der Waals surface area contributed by atoms with Crippen LogP contribution in [0.4, 0.5) is 4.79 Å². The molecule has 1 aliphatic rings. The molecule has 1 aromatic rings. The van der Waals surface area contributed by atoms with E-state index < -0.39 is 17.5 Å². The van der Waals surface area contributed by atoms with Crippen LogP contribution in [0.3, 0.4) is 0 Å². The number of aliphatic carboxylic acids is 1. The average molecular weight is 299 g/mol. The lowest BCUT2D eigenvalue weighted by Gasteiger charge is -2.23. The first-order chi connectivity index (χ1) is 9.52. The molecule has 1 atom stereocenters. The number of carboxylic acids is 1. The minimum Gasteiger partial charge on any atom is -0.479 e. The van der Waals surface area contributed by atoms with Crippen LogP contribution in [0.15, 0.2) is 5.38 Å². The molecular weight excluding hydrogens is 282 g/mol. The van der Waals surface area contributed by atoms with Gasteiger partial charge in [0.05, 0.1) is 17.3 Å². The summed E-state index contributed by atoms with van der Waals surface area (Å²) in [5.74, 6) is -1.07. The van der Waals surface area contributed by atoms with E-state index in [1.165, 1.54) is 0 Å². The van der Waals surface area contributed by atoms with Crippen LogP contribution in [-0.4, -0.2) is 47.4 Å². The lowest BCUT2D eigenvalue weighted by molar-refractivity contribution is -0.144. The highest BCUT2D eigenvalue weighted by Crippen LogP contribution is 2.18. The minimum atomic E-state index is -1.30. The Hall–Kier alpha value is -1.67. The fourth-order valence-corrected chi connectivity index (χ4v) is 2.62. The van der Waals surface area contributed by atoms with Crippen molar-refractivity contribution in [2.24, 2.45) is 0 Å². The third kappa shape index (κ3) is 3.45. The van der Waals surface area contributed by atoms with Gasteiger partial charge in [-0.25, -0.2) is 14.6 Å². The fraction of sp³-hybridized carbons (Fsp3) is 0.583. The molecule has 8 heteroatoms. The molecule has 0 saturated carbocycles. The summed E-state index contributed by atoms with van der Waals surface area (Å²) in [6, 6.07) is -0.496. The van der Waals surface area contributed by atoms with E-state index >= 15 is 0 Å². The second kappa shape index (κ2) is 6.19. The SMILES string of the molecule is Cc1nc(CCNC(=O)NC2(C(=O)O)CCOC2)cs1. The number of urea groups is 1. The van der Waals surface area contributed by atoms with Crippen LogP contribution in [0.5, 0.6) is 0 Å². The summed E-state index contributed by atoms with van der Waals surface area (Å²) in [5, 5.41) is 17.2. The van der Waals surface area contributed by atoms with Crippen molar-refractivity contribution in [3.63, 3.8) is 0 Å². The van der Waals surface area contributed by atoms with E-state index in [1.54, 1.807) is 11.3 Å². The molecule has 1 fully saturated rings. The number of nitrogens with one attached hydrogen (secondary N) is 2. The Morgan fingerprint density at radius 2 is 2.40 bits per heavy atom. The van der Waals surface area contributed by atoms with Crippen LogP contribution in [0.25, 0.3) is 0 Å². The molecule has 2 rings (SSSR count). The van der Waals surface area contributed by atoms with E-state index in [0.29, 0.717) is 19.6 Å². The number of hydrogen-bond acceptors (Lipinski definition) is 5. The van der Waals surface area contributed by atoms with Crippen molar-refractivity contribution in [1.29, 1.82) is 0 Å². The second-order valence-corrected chi connectivity index (χ2v) is 5.74. The Balaban J connectivity index is 1.78. The van der Waals surface area contributed by atoms with E-state index in [4.69, 9.17) is 4.74 Å². The summed E-state index contributed by atoms with van der Waals surface area (Å²) in [5.41, 5.74) is -0.383. The standard InChI is InChI=1S/C12H17N3O4S/c1-8-14-9(6-20-8)2-4-13-11(18)15-12(10(16)17)3-5-19-7-12/h6H,2-5,7H2,1H3,(H,16,17)(H2,13,15,18). The Kier molecular flexibility index (Phi) is 4.56. The maximum absolute atomic E-state index is 11.7. The summed E-state index contributed by atoms with van der Waals surface area (Å²) < 4.78 is 5.07. The fourth-order valence-electron chi connectivity index (χ4n) is 1.97. The lowest BCUT2D eigenvalue weighted by atomic mass is 9.99. The summed E-state index contributed by atoms with van der Waals surface area (Å²) in [6.45, 7) is 2.67. The highest BCUT2D eigenvalue weighted by atomic mass is 32.1. The number of nitrogens with zero attached hydrogens (tertiary/aromatic N) is 1. The molecule has 7 nitrogen and oxygen atoms in total. The molecule has 1 aliphatic heterocycles. The van der Waals surface area contributed by atoms with E-state index in [9.17, 15) is 14.7 Å². The Morgan fingerprint density at radius 1 is 1.60 bits per heavy atom. The van der Waals surface area contributed by atoms with Crippen molar-refractivity contribution >= 4 is 23.3 Å². The zero-order valence-electron chi connectivity index (χ0n) is 11.1. The van der Waals surface area contributed by atoms with E-state index in [-0.39, 0.29) is 13.0 Å². The van der Waals surface area contributed by atoms with Gasteiger partial charge in [0.2, 0.25) is 0 Å². The Morgan fingerprint density at radius 3 is 2.95 bits per heavy atom. The van der Waals surface area contributed by atoms with Gasteiger partial charge in [-0.1, -0.05) is 0 Å². The van der Waals surface area contributed by atoms with Gasteiger partial charge in [0.1, 0.15) is 0 Å². The van der Waals surface area contributed by atoms with Crippen molar-refractivity contribution in [2.45, 2.75) is 25.3 Å². The third-order valence-electron chi connectivity index (χ3n) is 3.12. The summed E-state index contributed by atoms with van der Waals surface area (Å²) in [6.07, 6.45) is 0.898. The minimum absolute atomic E-state index is 0.00103. The predicted molar refractivity (Wildman–Crippen MR) is 72.9 cm³/mol. The Labute approximate surface area is 120 Å². The Bertz CT molecular complexity index is 497. The van der Waals surface area contributed by atoms with Gasteiger partial charge in [0.15, 0.2) is 5.54 Å². The molecule has 110 valence electrons. The molecule has 20 heavy (non-hydrogen) atoms. The van der Waals surface area contributed by atoms with E-state index in [1.807, 2.05) is 12.3 Å². The second-order valence-electron chi connectivity index (χ2n) is 4.68. The predicted octanol–water partition coefficient (Wildman–Crippen LogP) is 0.537. The van der Waals surface area contributed by atoms with E-state index in [0.717, 1.165) is 10.7 Å². The average Bonchev–Trinajstić information content (AvgIpc) is 2.99. The van der Waals surface area contributed by atoms with Gasteiger partial charge < -0.3 is 20.5 Å². The molecule has 2 heterocycles. The van der Waals surface area contributed by atoms with Gasteiger partial charge >= 0.3 is 12.0 Å². The first-order valence-corrected chi connectivity index (χ1v) is 7.18. The van der Waals surface area contributed by atoms with Gasteiger partial charge in [-0.15, -0.1) is 11.3 Å². The van der Waals surface area contributed by atoms with Gasteiger partial charge in [-0.3, -0.25) is 0 Å². The van der Waals surface area contributed by atoms with Gasteiger partial charge in [0, 0.05) is 31.4 Å². The lowest BCUT2D eigenvalue weighted by Crippen LogP contribution is -2.57. The number of aryl methyl sites for hydroxylation is 1. The van der Waals surface area contributed by atoms with Crippen molar-refractivity contribution in [3.05, 3.63) is 16.1 Å². The third-order valence-corrected chi connectivity index (χ3v) is 3.94. The molecular formula is C12H17N3O4S. The van der Waals surface area contributed by atoms with Crippen LogP contribution in [0.1, 0.15) is 17.1 Å². The first kappa shape index (κ1) is 14.7. The molecule has 0 aromatic carbocycles. The molecule has 0 aliphatic carbocycles. The number of amides is 2. The number of carboxylic acid groups (broad SMARTS) is 1. The highest BCUT2D eigenvalue weighted by Gasteiger charge is 2.43. The normalized spacial score (nSPS) is 21.6. The van der Waals surface area contributed by atoms with Crippen LogP contribution in [-0.2, 0) is 16.0 Å². The molecule has 3 N–H and O–H groups in total. The van der Waals surface area contributed by atoms with Crippen LogP contribution < -0.4 is 10.6 Å². The number of thiazole rings is 1. The summed E-state index contributed by atoms with van der Waals surface area (Å²) >= 11 is 1.56. The number of aromatic nitrogens is 1. The molecule has 1 unspecified atom stereocenters. The topological polar surface area (TPSA) is 101 Å². The monoisotopic (exact) mass is 299 g/mol. The van der Waals surface area contributed by atoms with Gasteiger partial charge in [0.25, 0.3) is 0 Å². The van der Waals surface area contributed by atoms with Gasteiger partial charge in [-0.2, -0.15) is 0 Å². The zero-order valence-corrected chi connectivity index (χ0v) is 12.0. The van der Waals surface area contributed by atoms with Crippen molar-refractivity contribution in [2.75, 3.05) is 19.8 Å². The largest absolute Gasteiger partial charge is 0.479 e. The quantitative estimate of drug-likeness (QED) is 0.736. The maximum atomic E-state index is 11.7. The molecule has 1 saturated heterocycles. The smallest absolute Gasteiger partial charge is 0.332 e. The van der Waals surface area contributed by atoms with E-state index in [2.05, 4.69) is 15.6 Å². The zero-order chi connectivity index (χ0) is 14.6. The van der Waals surface area contributed by atoms with Crippen molar-refractivity contribution in [1.82, 2.24) is 15.6 Å². The molecule has 0 spiro atoms. The van der Waals surface area contributed by atoms with Crippen LogP contribution >= 0.6 is 11.3 Å². The van der Waals surface area contributed by atoms with Crippen molar-refractivity contribution < 1.29 is 19.4 Å². The molecule has 1 aromatic heterocycles. The van der Waals surface area contributed by atoms with Gasteiger partial charge in [-0.05, 0) is 6.92 Å². The maximum Gasteiger partial charge on any atom is 0.332 e. The van der Waals surface area contributed by atoms with Crippen LogP contribution in [0.2, 0.25) is 0 Å². The number of ether oxygens (including phenoxy) is 1. The number of rotatable bonds is 5. The molecule has 2 amide bonds. The summed E-state index contributed by atoms with van der Waals surface area (Å²) in [7, 11) is 0. The van der Waals surface area contributed by atoms with Crippen LogP contribution in [0, 0.1) is 6.92 Å². The number of carbonyl (C=O) groups excluding carboxylic acids is 1. The number of hydrogen-bond donors (Lipinski definition) is 3. The molecule has 0 bridgehead atoms.